The highest BCUT2D eigenvalue weighted by molar-refractivity contribution is 9.10. The molecule has 0 bridgehead atoms. The Bertz CT molecular complexity index is 719. The van der Waals surface area contributed by atoms with Crippen LogP contribution in [-0.2, 0) is 4.74 Å². The number of rotatable bonds is 0. The lowest BCUT2D eigenvalue weighted by molar-refractivity contribution is 0.000861. The minimum absolute atomic E-state index is 0.0439. The number of halogens is 2. The van der Waals surface area contributed by atoms with E-state index in [1.165, 1.54) is 6.07 Å². The van der Waals surface area contributed by atoms with Gasteiger partial charge < -0.3 is 19.3 Å². The van der Waals surface area contributed by atoms with Gasteiger partial charge in [0.15, 0.2) is 11.6 Å². The Balaban J connectivity index is 1.80. The number of benzene rings is 1. The minimum Gasteiger partial charge on any atom is -0.487 e. The molecule has 0 aliphatic carbocycles. The van der Waals surface area contributed by atoms with Gasteiger partial charge in [0.1, 0.15) is 12.2 Å². The molecule has 0 radical (unpaired) electrons. The van der Waals surface area contributed by atoms with Crippen LogP contribution in [0, 0.1) is 5.82 Å². The number of hydrogen-bond donors (Lipinski definition) is 0. The molecule has 1 aromatic rings. The van der Waals surface area contributed by atoms with E-state index in [-0.39, 0.29) is 40.9 Å². The van der Waals surface area contributed by atoms with Crippen molar-refractivity contribution >= 4 is 27.9 Å². The average Bonchev–Trinajstić information content (AvgIpc) is 2.67. The van der Waals surface area contributed by atoms with Crippen molar-refractivity contribution in [3.63, 3.8) is 0 Å². The number of nitrogens with zero attached hydrogens (tertiary/aromatic N) is 2. The van der Waals surface area contributed by atoms with Crippen molar-refractivity contribution in [1.29, 1.82) is 0 Å². The van der Waals surface area contributed by atoms with E-state index in [1.54, 1.807) is 36.6 Å². The number of carbonyl (C=O) groups is 2. The van der Waals surface area contributed by atoms with Gasteiger partial charge in [-0.1, -0.05) is 0 Å². The summed E-state index contributed by atoms with van der Waals surface area (Å²) in [6, 6.07) is 2.69. The molecule has 1 fully saturated rings. The van der Waals surface area contributed by atoms with Gasteiger partial charge in [0.2, 0.25) is 0 Å². The highest BCUT2D eigenvalue weighted by Crippen LogP contribution is 2.33. The fourth-order valence-electron chi connectivity index (χ4n) is 2.93. The zero-order chi connectivity index (χ0) is 18.4. The molecule has 25 heavy (non-hydrogen) atoms. The van der Waals surface area contributed by atoms with Gasteiger partial charge in [0.05, 0.1) is 16.1 Å². The number of fused-ring (bicyclic) bond motifs is 2. The smallest absolute Gasteiger partial charge is 0.410 e. The highest BCUT2D eigenvalue weighted by atomic mass is 79.9. The molecule has 1 atom stereocenters. The summed E-state index contributed by atoms with van der Waals surface area (Å²) in [4.78, 5) is 28.2. The fraction of sp³-hybridized carbons (Fsp3) is 0.529. The fourth-order valence-corrected chi connectivity index (χ4v) is 3.25. The molecule has 0 aromatic heterocycles. The first kappa shape index (κ1) is 18.0. The number of amides is 2. The van der Waals surface area contributed by atoms with E-state index < -0.39 is 17.5 Å². The van der Waals surface area contributed by atoms with Crippen LogP contribution in [0.1, 0.15) is 31.1 Å². The lowest BCUT2D eigenvalue weighted by Crippen LogP contribution is -2.58. The molecule has 136 valence electrons. The van der Waals surface area contributed by atoms with Crippen molar-refractivity contribution in [3.8, 4) is 5.75 Å². The van der Waals surface area contributed by atoms with Crippen LogP contribution in [0.15, 0.2) is 16.6 Å². The van der Waals surface area contributed by atoms with Crippen LogP contribution in [0.2, 0.25) is 0 Å². The van der Waals surface area contributed by atoms with E-state index in [4.69, 9.17) is 9.47 Å². The lowest BCUT2D eigenvalue weighted by atomic mass is 10.1. The molecule has 3 rings (SSSR count). The molecule has 1 aromatic carbocycles. The molecule has 6 nitrogen and oxygen atoms in total. The van der Waals surface area contributed by atoms with Crippen molar-refractivity contribution in [2.75, 3.05) is 26.2 Å². The molecule has 8 heteroatoms. The lowest BCUT2D eigenvalue weighted by Gasteiger charge is -2.40. The quantitative estimate of drug-likeness (QED) is 0.654. The van der Waals surface area contributed by atoms with E-state index in [9.17, 15) is 14.0 Å². The predicted molar refractivity (Wildman–Crippen MR) is 92.2 cm³/mol. The van der Waals surface area contributed by atoms with Crippen molar-refractivity contribution < 1.29 is 23.5 Å². The maximum Gasteiger partial charge on any atom is 0.410 e. The summed E-state index contributed by atoms with van der Waals surface area (Å²) in [5.74, 6) is -0.917. The van der Waals surface area contributed by atoms with Gasteiger partial charge in [-0.2, -0.15) is 0 Å². The van der Waals surface area contributed by atoms with Crippen LogP contribution >= 0.6 is 15.9 Å². The molecule has 0 N–H and O–H groups in total. The zero-order valence-electron chi connectivity index (χ0n) is 14.3. The second-order valence-corrected chi connectivity index (χ2v) is 7.98. The first-order chi connectivity index (χ1) is 11.7. The van der Waals surface area contributed by atoms with Gasteiger partial charge in [-0.3, -0.25) is 4.79 Å². The van der Waals surface area contributed by atoms with Crippen LogP contribution in [0.4, 0.5) is 9.18 Å². The summed E-state index contributed by atoms with van der Waals surface area (Å²) in [5.41, 5.74) is -0.385. The standard InChI is InChI=1S/C17H20BrFN2O4/c1-17(2,3)25-16(23)20-6-7-21-10(8-20)9-24-14-11(15(21)22)4-5-12(18)13(14)19/h4-5,10H,6-9H2,1-3H3/t10-/m1/s1. The van der Waals surface area contributed by atoms with Gasteiger partial charge in [-0.25, -0.2) is 9.18 Å². The van der Waals surface area contributed by atoms with Gasteiger partial charge in [-0.05, 0) is 48.8 Å². The van der Waals surface area contributed by atoms with Crippen LogP contribution in [0.3, 0.4) is 0 Å². The number of carbonyl (C=O) groups excluding carboxylic acids is 2. The van der Waals surface area contributed by atoms with Crippen molar-refractivity contribution in [1.82, 2.24) is 9.80 Å². The van der Waals surface area contributed by atoms with Gasteiger partial charge >= 0.3 is 6.09 Å². The second-order valence-electron chi connectivity index (χ2n) is 7.13. The summed E-state index contributed by atoms with van der Waals surface area (Å²) < 4.78 is 25.5. The Morgan fingerprint density at radius 3 is 2.76 bits per heavy atom. The third kappa shape index (κ3) is 3.58. The molecule has 2 aliphatic rings. The predicted octanol–water partition coefficient (Wildman–Crippen LogP) is 3.04. The molecule has 2 amide bonds. The largest absolute Gasteiger partial charge is 0.487 e. The maximum absolute atomic E-state index is 14.3. The first-order valence-electron chi connectivity index (χ1n) is 8.07. The van der Waals surface area contributed by atoms with E-state index in [0.717, 1.165) is 0 Å². The molecule has 2 heterocycles. The molecular weight excluding hydrogens is 395 g/mol. The van der Waals surface area contributed by atoms with Crippen molar-refractivity contribution in [3.05, 3.63) is 28.0 Å². The van der Waals surface area contributed by atoms with Crippen molar-refractivity contribution in [2.45, 2.75) is 32.4 Å². The Labute approximate surface area is 154 Å². The molecule has 2 aliphatic heterocycles. The van der Waals surface area contributed by atoms with Crippen LogP contribution in [0.5, 0.6) is 5.75 Å². The number of ether oxygens (including phenoxy) is 2. The molecular formula is C17H20BrFN2O4. The van der Waals surface area contributed by atoms with E-state index in [2.05, 4.69) is 15.9 Å². The van der Waals surface area contributed by atoms with Crippen molar-refractivity contribution in [2.24, 2.45) is 0 Å². The Kier molecular flexibility index (Phi) is 4.66. The molecule has 0 saturated carbocycles. The SMILES string of the molecule is CC(C)(C)OC(=O)N1CCN2C(=O)c3ccc(Br)c(F)c3OC[C@H]2C1. The summed E-state index contributed by atoms with van der Waals surface area (Å²) in [7, 11) is 0. The zero-order valence-corrected chi connectivity index (χ0v) is 15.9. The normalized spacial score (nSPS) is 20.4. The Morgan fingerprint density at radius 1 is 1.36 bits per heavy atom. The monoisotopic (exact) mass is 414 g/mol. The maximum atomic E-state index is 14.3. The molecule has 0 unspecified atom stereocenters. The third-order valence-electron chi connectivity index (χ3n) is 4.10. The molecule has 1 saturated heterocycles. The Hall–Kier alpha value is -1.83. The van der Waals surface area contributed by atoms with Gasteiger partial charge in [0, 0.05) is 19.6 Å². The average molecular weight is 415 g/mol. The Morgan fingerprint density at radius 2 is 2.08 bits per heavy atom. The van der Waals surface area contributed by atoms with Crippen LogP contribution < -0.4 is 4.74 Å². The molecule has 0 spiro atoms. The third-order valence-corrected chi connectivity index (χ3v) is 4.71. The highest BCUT2D eigenvalue weighted by Gasteiger charge is 2.38. The summed E-state index contributed by atoms with van der Waals surface area (Å²) in [6.45, 7) is 6.53. The number of hydrogen-bond acceptors (Lipinski definition) is 4. The van der Waals surface area contributed by atoms with E-state index in [1.807, 2.05) is 0 Å². The topological polar surface area (TPSA) is 59.1 Å². The van der Waals surface area contributed by atoms with Crippen LogP contribution in [-0.4, -0.2) is 59.7 Å². The van der Waals surface area contributed by atoms with Crippen LogP contribution in [0.25, 0.3) is 0 Å². The second kappa shape index (κ2) is 6.48. The van der Waals surface area contributed by atoms with Gasteiger partial charge in [0.25, 0.3) is 5.91 Å². The summed E-state index contributed by atoms with van der Waals surface area (Å²) in [5, 5.41) is 0. The van der Waals surface area contributed by atoms with E-state index >= 15 is 0 Å². The summed E-state index contributed by atoms with van der Waals surface area (Å²) >= 11 is 3.10. The van der Waals surface area contributed by atoms with E-state index in [0.29, 0.717) is 13.1 Å². The summed E-state index contributed by atoms with van der Waals surface area (Å²) in [6.07, 6.45) is -0.421. The van der Waals surface area contributed by atoms with Gasteiger partial charge in [-0.15, -0.1) is 0 Å². The number of piperazine rings is 1. The minimum atomic E-state index is -0.588. The first-order valence-corrected chi connectivity index (χ1v) is 8.86.